The van der Waals surface area contributed by atoms with E-state index in [9.17, 15) is 13.2 Å². The van der Waals surface area contributed by atoms with Crippen molar-refractivity contribution in [1.82, 2.24) is 20.4 Å². The van der Waals surface area contributed by atoms with Crippen molar-refractivity contribution < 1.29 is 17.9 Å². The highest BCUT2D eigenvalue weighted by Gasteiger charge is 2.31. The lowest BCUT2D eigenvalue weighted by Crippen LogP contribution is -2.48. The molecule has 2 rings (SSSR count). The van der Waals surface area contributed by atoms with Crippen LogP contribution in [-0.4, -0.2) is 62.1 Å². The molecule has 0 saturated carbocycles. The normalized spacial score (nSPS) is 21.6. The zero-order valence-electron chi connectivity index (χ0n) is 15.6. The van der Waals surface area contributed by atoms with Gasteiger partial charge in [0, 0.05) is 7.05 Å². The van der Waals surface area contributed by atoms with E-state index in [1.807, 2.05) is 0 Å². The van der Waals surface area contributed by atoms with Crippen LogP contribution in [0.2, 0.25) is 0 Å². The van der Waals surface area contributed by atoms with Crippen molar-refractivity contribution in [1.29, 1.82) is 5.41 Å². The number of amidine groups is 2. The fourth-order valence-corrected chi connectivity index (χ4v) is 3.49. The van der Waals surface area contributed by atoms with E-state index in [4.69, 9.17) is 10.1 Å². The van der Waals surface area contributed by atoms with E-state index in [0.717, 1.165) is 30.1 Å². The first-order valence-electron chi connectivity index (χ1n) is 8.52. The fourth-order valence-electron chi connectivity index (χ4n) is 2.51. The number of piperidine rings is 1. The zero-order valence-corrected chi connectivity index (χ0v) is 16.4. The quantitative estimate of drug-likeness (QED) is 0.367. The maximum Gasteiger partial charge on any atom is 0.320 e. The molecule has 12 heteroatoms. The van der Waals surface area contributed by atoms with E-state index in [1.54, 1.807) is 0 Å². The molecule has 0 aromatic heterocycles. The molecule has 11 nitrogen and oxygen atoms in total. The number of hydrazone groups is 1. The number of carbonyl (C=O) groups is 1. The molecule has 27 heavy (non-hydrogen) atoms. The van der Waals surface area contributed by atoms with Gasteiger partial charge in [-0.3, -0.25) is 24.8 Å². The molecule has 0 aromatic carbocycles. The van der Waals surface area contributed by atoms with Gasteiger partial charge in [-0.25, -0.2) is 13.8 Å². The molecule has 0 spiro atoms. The largest absolute Gasteiger partial charge is 0.403 e. The summed E-state index contributed by atoms with van der Waals surface area (Å²) in [6, 6.07) is -0.429. The predicted octanol–water partition coefficient (Wildman–Crippen LogP) is -0.348. The van der Waals surface area contributed by atoms with Crippen molar-refractivity contribution in [2.24, 2.45) is 10.1 Å². The van der Waals surface area contributed by atoms with Crippen molar-refractivity contribution in [3.63, 3.8) is 0 Å². The minimum atomic E-state index is -3.72. The number of nitrogens with one attached hydrogen (secondary N) is 4. The Morgan fingerprint density at radius 2 is 2.19 bits per heavy atom. The monoisotopic (exact) mass is 399 g/mol. The Kier molecular flexibility index (Phi) is 6.54. The third kappa shape index (κ3) is 4.63. The highest BCUT2D eigenvalue weighted by molar-refractivity contribution is 7.90. The van der Waals surface area contributed by atoms with Gasteiger partial charge in [-0.15, -0.1) is 5.10 Å². The molecule has 2 aliphatic heterocycles. The standard InChI is InChI=1S/C15H25N7O4S/c1-9(2)27(24,25)22(4)12(16)11(17-3)14-20-21-15(26-14)19-13(23)10-7-5-6-8-18-10/h9-10,16,18,20H,3,5-8H2,1-2,4H3,(H,19,21,23)/t10-/m0/s1. The number of hydrogen-bond acceptors (Lipinski definition) is 9. The topological polar surface area (TPSA) is 148 Å². The van der Waals surface area contributed by atoms with Crippen LogP contribution >= 0.6 is 0 Å². The average Bonchev–Trinajstić information content (AvgIpc) is 3.10. The van der Waals surface area contributed by atoms with Gasteiger partial charge < -0.3 is 10.1 Å². The summed E-state index contributed by atoms with van der Waals surface area (Å²) in [7, 11) is -2.47. The van der Waals surface area contributed by atoms with E-state index in [2.05, 4.69) is 32.9 Å². The number of ether oxygens (including phenoxy) is 1. The molecule has 0 aromatic rings. The Morgan fingerprint density at radius 1 is 1.48 bits per heavy atom. The summed E-state index contributed by atoms with van der Waals surface area (Å²) in [5, 5.41) is 16.9. The maximum absolute atomic E-state index is 12.2. The number of nitrogens with zero attached hydrogens (tertiary/aromatic N) is 3. The minimum absolute atomic E-state index is 0.0901. The van der Waals surface area contributed by atoms with Crippen molar-refractivity contribution in [3.05, 3.63) is 11.6 Å². The van der Waals surface area contributed by atoms with Gasteiger partial charge in [0.25, 0.3) is 0 Å². The fraction of sp³-hybridized carbons (Fsp3) is 0.600. The van der Waals surface area contributed by atoms with Crippen LogP contribution < -0.4 is 16.1 Å². The Hall–Kier alpha value is -2.47. The third-order valence-corrected chi connectivity index (χ3v) is 6.34. The van der Waals surface area contributed by atoms with Gasteiger partial charge in [-0.2, -0.15) is 0 Å². The smallest absolute Gasteiger partial charge is 0.320 e. The molecule has 0 radical (unpaired) electrons. The SMILES string of the molecule is C=NC(C(=N)N(C)S(=O)(=O)C(C)C)=C1NN=C(NC(=O)[C@@H]2CCCCN2)O1. The Balaban J connectivity index is 2.08. The number of likely N-dealkylation sites (N-methyl/N-ethyl adjacent to an activating group) is 1. The van der Waals surface area contributed by atoms with E-state index in [-0.39, 0.29) is 29.6 Å². The van der Waals surface area contributed by atoms with Crippen LogP contribution in [0.1, 0.15) is 33.1 Å². The van der Waals surface area contributed by atoms with E-state index in [0.29, 0.717) is 0 Å². The lowest BCUT2D eigenvalue weighted by Gasteiger charge is -2.23. The van der Waals surface area contributed by atoms with Gasteiger partial charge in [0.2, 0.25) is 21.8 Å². The molecule has 1 saturated heterocycles. The van der Waals surface area contributed by atoms with Gasteiger partial charge in [-0.05, 0) is 40.0 Å². The lowest BCUT2D eigenvalue weighted by molar-refractivity contribution is -0.122. The zero-order chi connectivity index (χ0) is 20.2. The predicted molar refractivity (Wildman–Crippen MR) is 102 cm³/mol. The third-order valence-electron chi connectivity index (χ3n) is 4.20. The lowest BCUT2D eigenvalue weighted by atomic mass is 10.0. The van der Waals surface area contributed by atoms with Gasteiger partial charge >= 0.3 is 6.02 Å². The minimum Gasteiger partial charge on any atom is -0.403 e. The van der Waals surface area contributed by atoms with Gasteiger partial charge in [-0.1, -0.05) is 6.42 Å². The molecular formula is C15H25N7O4S. The average molecular weight is 399 g/mol. The summed E-state index contributed by atoms with van der Waals surface area (Å²) in [5.41, 5.74) is 2.35. The first-order chi connectivity index (χ1) is 12.7. The van der Waals surface area contributed by atoms with Crippen LogP contribution in [0.3, 0.4) is 0 Å². The van der Waals surface area contributed by atoms with Crippen LogP contribution in [-0.2, 0) is 19.6 Å². The molecule has 0 aliphatic carbocycles. The molecule has 1 fully saturated rings. The van der Waals surface area contributed by atoms with Crippen molar-refractivity contribution in [2.75, 3.05) is 13.6 Å². The van der Waals surface area contributed by atoms with E-state index in [1.165, 1.54) is 20.9 Å². The Morgan fingerprint density at radius 3 is 2.74 bits per heavy atom. The summed E-state index contributed by atoms with van der Waals surface area (Å²) in [6.45, 7) is 7.14. The van der Waals surface area contributed by atoms with Crippen LogP contribution in [0.25, 0.3) is 0 Å². The summed E-state index contributed by atoms with van der Waals surface area (Å²) in [4.78, 5) is 15.9. The summed E-state index contributed by atoms with van der Waals surface area (Å²) < 4.78 is 30.7. The number of aliphatic imine (C=N–C) groups is 1. The number of carbonyl (C=O) groups excluding carboxylic acids is 1. The first kappa shape index (κ1) is 20.8. The Bertz CT molecular complexity index is 782. The van der Waals surface area contributed by atoms with Crippen molar-refractivity contribution in [3.8, 4) is 0 Å². The molecule has 150 valence electrons. The number of sulfonamides is 1. The second kappa shape index (κ2) is 8.48. The summed E-state index contributed by atoms with van der Waals surface area (Å²) in [6.07, 6.45) is 2.70. The number of amides is 1. The molecular weight excluding hydrogens is 374 g/mol. The number of hydrogen-bond donors (Lipinski definition) is 4. The van der Waals surface area contributed by atoms with Crippen LogP contribution in [0.15, 0.2) is 21.7 Å². The second-order valence-corrected chi connectivity index (χ2v) is 8.89. The first-order valence-corrected chi connectivity index (χ1v) is 10.0. The van der Waals surface area contributed by atoms with Crippen LogP contribution in [0, 0.1) is 5.41 Å². The Labute approximate surface area is 158 Å². The molecule has 0 unspecified atom stereocenters. The summed E-state index contributed by atoms with van der Waals surface area (Å²) >= 11 is 0. The second-order valence-electron chi connectivity index (χ2n) is 6.37. The van der Waals surface area contributed by atoms with E-state index >= 15 is 0 Å². The van der Waals surface area contributed by atoms with Crippen molar-refractivity contribution in [2.45, 2.75) is 44.4 Å². The maximum atomic E-state index is 12.2. The van der Waals surface area contributed by atoms with Gasteiger partial charge in [0.1, 0.15) is 0 Å². The molecule has 2 heterocycles. The van der Waals surface area contributed by atoms with Crippen molar-refractivity contribution >= 4 is 34.5 Å². The molecule has 1 atom stereocenters. The molecule has 2 aliphatic rings. The van der Waals surface area contributed by atoms with Gasteiger partial charge in [0.05, 0.1) is 11.3 Å². The van der Waals surface area contributed by atoms with Gasteiger partial charge in [0.15, 0.2) is 11.5 Å². The van der Waals surface area contributed by atoms with Crippen LogP contribution in [0.5, 0.6) is 0 Å². The van der Waals surface area contributed by atoms with Crippen LogP contribution in [0.4, 0.5) is 0 Å². The summed E-state index contributed by atoms with van der Waals surface area (Å²) in [5.74, 6) is -0.801. The van der Waals surface area contributed by atoms with E-state index < -0.39 is 21.1 Å². The molecule has 0 bridgehead atoms. The highest BCUT2D eigenvalue weighted by Crippen LogP contribution is 2.17. The molecule has 4 N–H and O–H groups in total. The number of rotatable bonds is 5. The highest BCUT2D eigenvalue weighted by atomic mass is 32.2. The molecule has 1 amide bonds.